The SMILES string of the molecule is CN1C[C@@H]2CCN(C(=O)NCCc3ccccc3)CC[C@@H]2S1(=O)=O. The van der Waals surface area contributed by atoms with Gasteiger partial charge >= 0.3 is 6.03 Å². The molecule has 0 bridgehead atoms. The number of carbonyl (C=O) groups excluding carboxylic acids is 1. The predicted molar refractivity (Wildman–Crippen MR) is 93.2 cm³/mol. The summed E-state index contributed by atoms with van der Waals surface area (Å²) in [4.78, 5) is 14.1. The molecular formula is C17H25N3O3S. The fraction of sp³-hybridized carbons (Fsp3) is 0.588. The molecule has 0 radical (unpaired) electrons. The number of nitrogens with zero attached hydrogens (tertiary/aromatic N) is 2. The number of benzene rings is 1. The van der Waals surface area contributed by atoms with Crippen LogP contribution in [0.2, 0.25) is 0 Å². The zero-order chi connectivity index (χ0) is 17.2. The zero-order valence-electron chi connectivity index (χ0n) is 14.0. The number of fused-ring (bicyclic) bond motifs is 1. The molecule has 0 aliphatic carbocycles. The summed E-state index contributed by atoms with van der Waals surface area (Å²) in [5.74, 6) is 0.141. The number of sulfonamides is 1. The van der Waals surface area contributed by atoms with E-state index in [0.717, 1.165) is 12.8 Å². The second-order valence-corrected chi connectivity index (χ2v) is 8.91. The van der Waals surface area contributed by atoms with Crippen molar-refractivity contribution in [2.75, 3.05) is 33.2 Å². The highest BCUT2D eigenvalue weighted by atomic mass is 32.2. The van der Waals surface area contributed by atoms with Crippen molar-refractivity contribution in [3.05, 3.63) is 35.9 Å². The van der Waals surface area contributed by atoms with Crippen molar-refractivity contribution in [3.63, 3.8) is 0 Å². The molecule has 3 rings (SSSR count). The third-order valence-corrected chi connectivity index (χ3v) is 7.51. The Morgan fingerprint density at radius 3 is 2.67 bits per heavy atom. The van der Waals surface area contributed by atoms with Gasteiger partial charge in [0, 0.05) is 33.2 Å². The molecule has 2 aliphatic rings. The summed E-state index contributed by atoms with van der Waals surface area (Å²) in [6.45, 7) is 2.30. The standard InChI is InChI=1S/C17H25N3O3S/c1-19-13-15-8-11-20(12-9-16(15)24(19,22)23)17(21)18-10-7-14-5-3-2-4-6-14/h2-6,15-16H,7-13H2,1H3,(H,18,21)/t15-,16-/m0/s1. The van der Waals surface area contributed by atoms with Crippen molar-refractivity contribution < 1.29 is 13.2 Å². The van der Waals surface area contributed by atoms with Crippen molar-refractivity contribution >= 4 is 16.1 Å². The summed E-state index contributed by atoms with van der Waals surface area (Å²) in [5, 5.41) is 2.62. The average Bonchev–Trinajstić information content (AvgIpc) is 2.72. The maximum Gasteiger partial charge on any atom is 0.317 e. The highest BCUT2D eigenvalue weighted by Crippen LogP contribution is 2.33. The first kappa shape index (κ1) is 17.2. The number of amides is 2. The summed E-state index contributed by atoms with van der Waals surface area (Å²) >= 11 is 0. The van der Waals surface area contributed by atoms with Gasteiger partial charge < -0.3 is 10.2 Å². The van der Waals surface area contributed by atoms with E-state index in [2.05, 4.69) is 5.32 Å². The Morgan fingerprint density at radius 1 is 1.21 bits per heavy atom. The van der Waals surface area contributed by atoms with Gasteiger partial charge in [-0.25, -0.2) is 17.5 Å². The van der Waals surface area contributed by atoms with Crippen LogP contribution in [0.5, 0.6) is 0 Å². The average molecular weight is 351 g/mol. The molecule has 6 nitrogen and oxygen atoms in total. The van der Waals surface area contributed by atoms with E-state index in [4.69, 9.17) is 0 Å². The lowest BCUT2D eigenvalue weighted by atomic mass is 10.0. The van der Waals surface area contributed by atoms with Gasteiger partial charge in [0.1, 0.15) is 0 Å². The van der Waals surface area contributed by atoms with Gasteiger partial charge in [-0.2, -0.15) is 0 Å². The van der Waals surface area contributed by atoms with E-state index in [0.29, 0.717) is 32.6 Å². The molecule has 0 spiro atoms. The van der Waals surface area contributed by atoms with E-state index in [1.165, 1.54) is 9.87 Å². The molecule has 2 fully saturated rings. The van der Waals surface area contributed by atoms with E-state index in [-0.39, 0.29) is 17.2 Å². The molecule has 2 saturated heterocycles. The largest absolute Gasteiger partial charge is 0.338 e. The van der Waals surface area contributed by atoms with E-state index in [9.17, 15) is 13.2 Å². The molecular weight excluding hydrogens is 326 g/mol. The smallest absolute Gasteiger partial charge is 0.317 e. The van der Waals surface area contributed by atoms with Crippen LogP contribution < -0.4 is 5.32 Å². The van der Waals surface area contributed by atoms with Crippen LogP contribution in [0.4, 0.5) is 4.79 Å². The number of hydrogen-bond acceptors (Lipinski definition) is 3. The van der Waals surface area contributed by atoms with E-state index in [1.54, 1.807) is 11.9 Å². The molecule has 0 saturated carbocycles. The molecule has 24 heavy (non-hydrogen) atoms. The predicted octanol–water partition coefficient (Wildman–Crippen LogP) is 1.29. The van der Waals surface area contributed by atoms with Gasteiger partial charge in [-0.3, -0.25) is 0 Å². The van der Waals surface area contributed by atoms with Crippen LogP contribution in [0, 0.1) is 5.92 Å². The first-order valence-corrected chi connectivity index (χ1v) is 10.0. The van der Waals surface area contributed by atoms with Crippen LogP contribution in [0.25, 0.3) is 0 Å². The number of carbonyl (C=O) groups is 1. The molecule has 1 aromatic rings. The lowest BCUT2D eigenvalue weighted by Crippen LogP contribution is -2.41. The van der Waals surface area contributed by atoms with Crippen LogP contribution >= 0.6 is 0 Å². The number of nitrogens with one attached hydrogen (secondary N) is 1. The third kappa shape index (κ3) is 3.57. The van der Waals surface area contributed by atoms with Crippen LogP contribution in [0.15, 0.2) is 30.3 Å². The van der Waals surface area contributed by atoms with Crippen LogP contribution in [-0.2, 0) is 16.4 Å². The molecule has 0 aromatic heterocycles. The van der Waals surface area contributed by atoms with Crippen LogP contribution in [-0.4, -0.2) is 62.1 Å². The van der Waals surface area contributed by atoms with Gasteiger partial charge in [0.05, 0.1) is 5.25 Å². The fourth-order valence-corrected chi connectivity index (χ4v) is 5.65. The minimum absolute atomic E-state index is 0.0864. The molecule has 2 amide bonds. The summed E-state index contributed by atoms with van der Waals surface area (Å²) in [5.41, 5.74) is 1.19. The molecule has 0 unspecified atom stereocenters. The fourth-order valence-electron chi connectivity index (χ4n) is 3.68. The topological polar surface area (TPSA) is 69.7 Å². The summed E-state index contributed by atoms with van der Waals surface area (Å²) < 4.78 is 26.1. The number of urea groups is 1. The van der Waals surface area contributed by atoms with E-state index >= 15 is 0 Å². The second kappa shape index (κ2) is 7.11. The third-order valence-electron chi connectivity index (χ3n) is 5.11. The molecule has 7 heteroatoms. The van der Waals surface area contributed by atoms with Crippen molar-refractivity contribution in [2.24, 2.45) is 5.92 Å². The molecule has 1 aromatic carbocycles. The first-order valence-electron chi connectivity index (χ1n) is 8.50. The highest BCUT2D eigenvalue weighted by molar-refractivity contribution is 7.90. The first-order chi connectivity index (χ1) is 11.5. The summed E-state index contributed by atoms with van der Waals surface area (Å²) in [7, 11) is -1.53. The molecule has 132 valence electrons. The van der Waals surface area contributed by atoms with E-state index in [1.807, 2.05) is 30.3 Å². The van der Waals surface area contributed by atoms with Gasteiger partial charge in [0.25, 0.3) is 0 Å². The minimum atomic E-state index is -3.18. The Kier molecular flexibility index (Phi) is 5.10. The Balaban J connectivity index is 1.51. The quantitative estimate of drug-likeness (QED) is 0.892. The van der Waals surface area contributed by atoms with Crippen LogP contribution in [0.3, 0.4) is 0 Å². The second-order valence-electron chi connectivity index (χ2n) is 6.66. The lowest BCUT2D eigenvalue weighted by Gasteiger charge is -2.22. The van der Waals surface area contributed by atoms with Gasteiger partial charge in [0.2, 0.25) is 10.0 Å². The van der Waals surface area contributed by atoms with Gasteiger partial charge in [-0.1, -0.05) is 30.3 Å². The van der Waals surface area contributed by atoms with Crippen molar-refractivity contribution in [1.82, 2.24) is 14.5 Å². The highest BCUT2D eigenvalue weighted by Gasteiger charge is 2.45. The summed E-state index contributed by atoms with van der Waals surface area (Å²) in [6.07, 6.45) is 2.08. The van der Waals surface area contributed by atoms with Gasteiger partial charge in [0.15, 0.2) is 0 Å². The Hall–Kier alpha value is -1.60. The Bertz CT molecular complexity index is 678. The molecule has 1 N–H and O–H groups in total. The monoisotopic (exact) mass is 351 g/mol. The number of likely N-dealkylation sites (tertiary alicyclic amines) is 1. The van der Waals surface area contributed by atoms with Crippen LogP contribution in [0.1, 0.15) is 18.4 Å². The molecule has 2 atom stereocenters. The zero-order valence-corrected chi connectivity index (χ0v) is 14.8. The molecule has 2 aliphatic heterocycles. The normalized spacial score (nSPS) is 26.6. The van der Waals surface area contributed by atoms with Gasteiger partial charge in [-0.05, 0) is 30.7 Å². The molecule has 2 heterocycles. The Labute approximate surface area is 143 Å². The number of hydrogen-bond donors (Lipinski definition) is 1. The van der Waals surface area contributed by atoms with Crippen molar-refractivity contribution in [2.45, 2.75) is 24.5 Å². The van der Waals surface area contributed by atoms with Gasteiger partial charge in [-0.15, -0.1) is 0 Å². The maximum absolute atomic E-state index is 12.3. The summed E-state index contributed by atoms with van der Waals surface area (Å²) in [6, 6.07) is 9.95. The lowest BCUT2D eigenvalue weighted by molar-refractivity contribution is 0.199. The van der Waals surface area contributed by atoms with Crippen molar-refractivity contribution in [3.8, 4) is 0 Å². The number of rotatable bonds is 3. The minimum Gasteiger partial charge on any atom is -0.338 e. The Morgan fingerprint density at radius 2 is 1.92 bits per heavy atom. The van der Waals surface area contributed by atoms with E-state index < -0.39 is 10.0 Å². The van der Waals surface area contributed by atoms with Crippen molar-refractivity contribution in [1.29, 1.82) is 0 Å². The maximum atomic E-state index is 12.3.